The molecule has 0 amide bonds. The lowest BCUT2D eigenvalue weighted by molar-refractivity contribution is 0.314. The minimum absolute atomic E-state index is 0.571. The van der Waals surface area contributed by atoms with Gasteiger partial charge in [0.25, 0.3) is 0 Å². The lowest BCUT2D eigenvalue weighted by Crippen LogP contribution is -2.20. The van der Waals surface area contributed by atoms with E-state index in [0.29, 0.717) is 17.4 Å². The molecule has 1 aromatic carbocycles. The van der Waals surface area contributed by atoms with Crippen LogP contribution in [0, 0.1) is 0 Å². The van der Waals surface area contributed by atoms with Gasteiger partial charge in [-0.15, -0.1) is 0 Å². The highest BCUT2D eigenvalue weighted by Gasteiger charge is 2.01. The number of ether oxygens (including phenoxy) is 1. The third-order valence-electron chi connectivity index (χ3n) is 2.48. The van der Waals surface area contributed by atoms with Crippen LogP contribution in [0.25, 0.3) is 0 Å². The Kier molecular flexibility index (Phi) is 5.63. The summed E-state index contributed by atoms with van der Waals surface area (Å²) < 4.78 is 6.54. The number of halogens is 2. The Morgan fingerprint density at radius 1 is 1.32 bits per heavy atom. The van der Waals surface area contributed by atoms with Crippen molar-refractivity contribution in [2.45, 2.75) is 6.54 Å². The Bertz CT molecular complexity index is 522. The summed E-state index contributed by atoms with van der Waals surface area (Å²) in [5, 5.41) is 3.90. The Hall–Kier alpha value is -1.10. The summed E-state index contributed by atoms with van der Waals surface area (Å²) in [4.78, 5) is 4.06. The van der Waals surface area contributed by atoms with E-state index in [9.17, 15) is 0 Å². The van der Waals surface area contributed by atoms with Crippen molar-refractivity contribution in [2.24, 2.45) is 0 Å². The average Bonchev–Trinajstić information content (AvgIpc) is 2.42. The van der Waals surface area contributed by atoms with Gasteiger partial charge < -0.3 is 10.1 Å². The number of hydrogen-bond acceptors (Lipinski definition) is 3. The number of aromatic nitrogens is 1. The van der Waals surface area contributed by atoms with E-state index in [0.717, 1.165) is 23.1 Å². The summed E-state index contributed by atoms with van der Waals surface area (Å²) in [5.41, 5.74) is 1.16. The molecule has 0 fully saturated rings. The van der Waals surface area contributed by atoms with Crippen molar-refractivity contribution in [3.8, 4) is 5.75 Å². The van der Waals surface area contributed by atoms with Crippen molar-refractivity contribution in [1.29, 1.82) is 0 Å². The van der Waals surface area contributed by atoms with Crippen molar-refractivity contribution in [1.82, 2.24) is 10.3 Å². The molecule has 3 nitrogen and oxygen atoms in total. The number of benzene rings is 1. The highest BCUT2D eigenvalue weighted by atomic mass is 79.9. The van der Waals surface area contributed by atoms with Crippen molar-refractivity contribution < 1.29 is 4.74 Å². The maximum absolute atomic E-state index is 6.05. The summed E-state index contributed by atoms with van der Waals surface area (Å²) >= 11 is 9.41. The maximum atomic E-state index is 6.05. The third kappa shape index (κ3) is 4.82. The molecule has 0 aliphatic heterocycles. The molecular formula is C14H14BrClN2O. The van der Waals surface area contributed by atoms with Gasteiger partial charge >= 0.3 is 0 Å². The molecule has 0 radical (unpaired) electrons. The molecule has 0 saturated carbocycles. The van der Waals surface area contributed by atoms with Crippen LogP contribution >= 0.6 is 27.5 Å². The molecule has 5 heteroatoms. The number of pyridine rings is 1. The predicted octanol–water partition coefficient (Wildman–Crippen LogP) is 3.67. The Labute approximate surface area is 126 Å². The SMILES string of the molecule is Clc1cc(Br)ccc1OCCNCc1cccnc1. The van der Waals surface area contributed by atoms with E-state index in [4.69, 9.17) is 16.3 Å². The standard InChI is InChI=1S/C14H14BrClN2O/c15-12-3-4-14(13(16)8-12)19-7-6-18-10-11-2-1-5-17-9-11/h1-5,8-9,18H,6-7,10H2. The molecule has 1 aromatic heterocycles. The minimum atomic E-state index is 0.571. The first-order valence-electron chi connectivity index (χ1n) is 5.93. The second-order valence-corrected chi connectivity index (χ2v) is 5.28. The number of nitrogens with zero attached hydrogens (tertiary/aromatic N) is 1. The number of hydrogen-bond donors (Lipinski definition) is 1. The largest absolute Gasteiger partial charge is 0.491 e. The molecule has 0 unspecified atom stereocenters. The normalized spacial score (nSPS) is 10.4. The van der Waals surface area contributed by atoms with Crippen LogP contribution in [0.1, 0.15) is 5.56 Å². The molecule has 0 saturated heterocycles. The van der Waals surface area contributed by atoms with Crippen molar-refractivity contribution >= 4 is 27.5 Å². The first kappa shape index (κ1) is 14.3. The summed E-state index contributed by atoms with van der Waals surface area (Å²) in [6.07, 6.45) is 3.61. The van der Waals surface area contributed by atoms with Crippen molar-refractivity contribution in [3.05, 3.63) is 57.8 Å². The molecule has 0 aliphatic carbocycles. The fourth-order valence-electron chi connectivity index (χ4n) is 1.56. The molecular weight excluding hydrogens is 328 g/mol. The van der Waals surface area contributed by atoms with Crippen LogP contribution in [-0.2, 0) is 6.54 Å². The van der Waals surface area contributed by atoms with E-state index in [1.165, 1.54) is 0 Å². The van der Waals surface area contributed by atoms with Crippen LogP contribution in [0.3, 0.4) is 0 Å². The van der Waals surface area contributed by atoms with Crippen LogP contribution in [-0.4, -0.2) is 18.1 Å². The van der Waals surface area contributed by atoms with Gasteiger partial charge in [0.05, 0.1) is 5.02 Å². The lowest BCUT2D eigenvalue weighted by Gasteiger charge is -2.09. The van der Waals surface area contributed by atoms with Crippen LogP contribution in [0.5, 0.6) is 5.75 Å². The lowest BCUT2D eigenvalue weighted by atomic mass is 10.3. The van der Waals surface area contributed by atoms with Gasteiger partial charge in [-0.3, -0.25) is 4.98 Å². The Morgan fingerprint density at radius 3 is 2.95 bits per heavy atom. The van der Waals surface area contributed by atoms with Gasteiger partial charge in [-0.2, -0.15) is 0 Å². The second kappa shape index (κ2) is 7.48. The van der Waals surface area contributed by atoms with E-state index >= 15 is 0 Å². The van der Waals surface area contributed by atoms with Gasteiger partial charge in [0.1, 0.15) is 12.4 Å². The van der Waals surface area contributed by atoms with Crippen LogP contribution < -0.4 is 10.1 Å². The van der Waals surface area contributed by atoms with Crippen LogP contribution in [0.4, 0.5) is 0 Å². The first-order chi connectivity index (χ1) is 9.25. The van der Waals surface area contributed by atoms with E-state index in [-0.39, 0.29) is 0 Å². The van der Waals surface area contributed by atoms with Crippen LogP contribution in [0.2, 0.25) is 5.02 Å². The molecule has 0 spiro atoms. The highest BCUT2D eigenvalue weighted by Crippen LogP contribution is 2.27. The average molecular weight is 342 g/mol. The molecule has 2 rings (SSSR count). The Balaban J connectivity index is 1.69. The molecule has 100 valence electrons. The summed E-state index contributed by atoms with van der Waals surface area (Å²) in [5.74, 6) is 0.702. The summed E-state index contributed by atoms with van der Waals surface area (Å²) in [6.45, 7) is 2.11. The number of nitrogens with one attached hydrogen (secondary N) is 1. The topological polar surface area (TPSA) is 34.1 Å². The molecule has 1 N–H and O–H groups in total. The molecule has 0 aliphatic rings. The van der Waals surface area contributed by atoms with Crippen molar-refractivity contribution in [2.75, 3.05) is 13.2 Å². The highest BCUT2D eigenvalue weighted by molar-refractivity contribution is 9.10. The van der Waals surface area contributed by atoms with E-state index in [1.54, 1.807) is 6.20 Å². The predicted molar refractivity (Wildman–Crippen MR) is 80.6 cm³/mol. The number of rotatable bonds is 6. The van der Waals surface area contributed by atoms with E-state index < -0.39 is 0 Å². The summed E-state index contributed by atoms with van der Waals surface area (Å²) in [6, 6.07) is 9.54. The fraction of sp³-hybridized carbons (Fsp3) is 0.214. The van der Waals surface area contributed by atoms with Gasteiger partial charge in [-0.1, -0.05) is 33.6 Å². The van der Waals surface area contributed by atoms with Gasteiger partial charge in [-0.25, -0.2) is 0 Å². The zero-order valence-corrected chi connectivity index (χ0v) is 12.6. The minimum Gasteiger partial charge on any atom is -0.491 e. The monoisotopic (exact) mass is 340 g/mol. The molecule has 19 heavy (non-hydrogen) atoms. The molecule has 2 aromatic rings. The van der Waals surface area contributed by atoms with Crippen LogP contribution in [0.15, 0.2) is 47.2 Å². The van der Waals surface area contributed by atoms with Gasteiger partial charge in [0.15, 0.2) is 0 Å². The van der Waals surface area contributed by atoms with E-state index in [2.05, 4.69) is 26.2 Å². The summed E-state index contributed by atoms with van der Waals surface area (Å²) in [7, 11) is 0. The van der Waals surface area contributed by atoms with Gasteiger partial charge in [-0.05, 0) is 29.8 Å². The Morgan fingerprint density at radius 2 is 2.21 bits per heavy atom. The third-order valence-corrected chi connectivity index (χ3v) is 3.27. The smallest absolute Gasteiger partial charge is 0.138 e. The van der Waals surface area contributed by atoms with Crippen molar-refractivity contribution in [3.63, 3.8) is 0 Å². The maximum Gasteiger partial charge on any atom is 0.138 e. The van der Waals surface area contributed by atoms with E-state index in [1.807, 2.05) is 36.5 Å². The van der Waals surface area contributed by atoms with Gasteiger partial charge in [0.2, 0.25) is 0 Å². The fourth-order valence-corrected chi connectivity index (χ4v) is 2.29. The zero-order valence-electron chi connectivity index (χ0n) is 10.3. The zero-order chi connectivity index (χ0) is 13.5. The molecule has 1 heterocycles. The second-order valence-electron chi connectivity index (χ2n) is 3.96. The molecule has 0 atom stereocenters. The quantitative estimate of drug-likeness (QED) is 0.814. The molecule has 0 bridgehead atoms. The van der Waals surface area contributed by atoms with Gasteiger partial charge in [0, 0.05) is 30.0 Å². The first-order valence-corrected chi connectivity index (χ1v) is 7.10.